The van der Waals surface area contributed by atoms with Gasteiger partial charge in [-0.15, -0.1) is 0 Å². The highest BCUT2D eigenvalue weighted by molar-refractivity contribution is 6.03. The van der Waals surface area contributed by atoms with Crippen LogP contribution in [0.5, 0.6) is 0 Å². The summed E-state index contributed by atoms with van der Waals surface area (Å²) in [5, 5.41) is 1.52. The van der Waals surface area contributed by atoms with Crippen LogP contribution in [0.1, 0.15) is 48.7 Å². The number of carbonyl (C=O) groups excluding carboxylic acids is 3. The summed E-state index contributed by atoms with van der Waals surface area (Å²) in [4.78, 5) is 45.9. The Bertz CT molecular complexity index is 848. The fourth-order valence-corrected chi connectivity index (χ4v) is 2.17. The monoisotopic (exact) mass is 347 g/mol. The Morgan fingerprint density at radius 2 is 1.84 bits per heavy atom. The van der Waals surface area contributed by atoms with Crippen LogP contribution in [0.4, 0.5) is 4.79 Å². The lowest BCUT2D eigenvalue weighted by Crippen LogP contribution is -2.32. The second kappa shape index (κ2) is 6.64. The van der Waals surface area contributed by atoms with E-state index in [1.165, 1.54) is 27.1 Å². The SMILES string of the molecule is CON(C)C(=O)c1cc2ccc(C(C)=O)nc2n1C(=O)OC(C)(C)C. The van der Waals surface area contributed by atoms with Gasteiger partial charge < -0.3 is 4.74 Å². The molecule has 2 aromatic rings. The molecule has 2 aromatic heterocycles. The molecule has 0 N–H and O–H groups in total. The van der Waals surface area contributed by atoms with Crippen LogP contribution in [0.25, 0.3) is 11.0 Å². The van der Waals surface area contributed by atoms with Gasteiger partial charge >= 0.3 is 6.09 Å². The lowest BCUT2D eigenvalue weighted by atomic mass is 10.2. The molecule has 0 aromatic carbocycles. The van der Waals surface area contributed by atoms with E-state index in [2.05, 4.69) is 4.98 Å². The number of hydrogen-bond donors (Lipinski definition) is 0. The minimum absolute atomic E-state index is 0.0294. The van der Waals surface area contributed by atoms with Crippen molar-refractivity contribution < 1.29 is 24.0 Å². The molecular formula is C17H21N3O5. The van der Waals surface area contributed by atoms with E-state index in [1.807, 2.05) is 0 Å². The van der Waals surface area contributed by atoms with Crippen LogP contribution in [0, 0.1) is 0 Å². The maximum atomic E-state index is 12.7. The van der Waals surface area contributed by atoms with Crippen molar-refractivity contribution in [2.24, 2.45) is 0 Å². The Kier molecular flexibility index (Phi) is 4.94. The van der Waals surface area contributed by atoms with Crippen LogP contribution in [0.2, 0.25) is 0 Å². The van der Waals surface area contributed by atoms with Gasteiger partial charge in [0.15, 0.2) is 11.4 Å². The Hall–Kier alpha value is -2.74. The van der Waals surface area contributed by atoms with Crippen molar-refractivity contribution in [3.05, 3.63) is 29.6 Å². The number of amides is 1. The second-order valence-electron chi connectivity index (χ2n) is 6.50. The molecule has 0 spiro atoms. The number of hydrogen-bond acceptors (Lipinski definition) is 6. The molecule has 2 rings (SSSR count). The molecule has 1 amide bonds. The molecule has 25 heavy (non-hydrogen) atoms. The van der Waals surface area contributed by atoms with Gasteiger partial charge in [0.2, 0.25) is 0 Å². The second-order valence-corrected chi connectivity index (χ2v) is 6.50. The molecule has 0 saturated heterocycles. The van der Waals surface area contributed by atoms with E-state index in [0.717, 1.165) is 9.63 Å². The summed E-state index contributed by atoms with van der Waals surface area (Å²) in [6, 6.07) is 4.68. The van der Waals surface area contributed by atoms with Crippen molar-refractivity contribution in [3.8, 4) is 0 Å². The maximum absolute atomic E-state index is 12.7. The van der Waals surface area contributed by atoms with Gasteiger partial charge in [0.25, 0.3) is 5.91 Å². The number of nitrogens with zero attached hydrogens (tertiary/aromatic N) is 3. The summed E-state index contributed by atoms with van der Waals surface area (Å²) in [5.74, 6) is -0.795. The van der Waals surface area contributed by atoms with Gasteiger partial charge in [0, 0.05) is 19.4 Å². The molecule has 2 heterocycles. The minimum atomic E-state index is -0.765. The maximum Gasteiger partial charge on any atom is 0.420 e. The lowest BCUT2D eigenvalue weighted by Gasteiger charge is -2.21. The normalized spacial score (nSPS) is 11.4. The van der Waals surface area contributed by atoms with E-state index in [1.54, 1.807) is 32.9 Å². The van der Waals surface area contributed by atoms with Gasteiger partial charge in [0.1, 0.15) is 17.0 Å². The predicted octanol–water partition coefficient (Wildman–Crippen LogP) is 2.66. The Morgan fingerprint density at radius 3 is 2.36 bits per heavy atom. The van der Waals surface area contributed by atoms with Crippen LogP contribution in [-0.2, 0) is 9.57 Å². The van der Waals surface area contributed by atoms with E-state index in [9.17, 15) is 14.4 Å². The number of carbonyl (C=O) groups is 3. The minimum Gasteiger partial charge on any atom is -0.443 e. The molecule has 0 aliphatic heterocycles. The number of rotatable bonds is 3. The van der Waals surface area contributed by atoms with Crippen molar-refractivity contribution in [2.75, 3.05) is 14.2 Å². The van der Waals surface area contributed by atoms with Crippen molar-refractivity contribution in [1.82, 2.24) is 14.6 Å². The van der Waals surface area contributed by atoms with Gasteiger partial charge in [-0.2, -0.15) is 0 Å². The number of Topliss-reactive ketones (excluding diaryl/α,β-unsaturated/α-hetero) is 1. The van der Waals surface area contributed by atoms with Crippen LogP contribution in [-0.4, -0.2) is 52.2 Å². The van der Waals surface area contributed by atoms with Gasteiger partial charge in [-0.1, -0.05) is 0 Å². The van der Waals surface area contributed by atoms with E-state index in [0.29, 0.717) is 5.39 Å². The molecular weight excluding hydrogens is 326 g/mol. The van der Waals surface area contributed by atoms with Crippen molar-refractivity contribution >= 4 is 28.8 Å². The van der Waals surface area contributed by atoms with Crippen molar-refractivity contribution in [3.63, 3.8) is 0 Å². The number of aromatic nitrogens is 2. The zero-order valence-electron chi connectivity index (χ0n) is 15.1. The summed E-state index contributed by atoms with van der Waals surface area (Å²) >= 11 is 0. The molecule has 0 atom stereocenters. The summed E-state index contributed by atoms with van der Waals surface area (Å²) < 4.78 is 6.44. The number of ketones is 1. The summed E-state index contributed by atoms with van der Waals surface area (Å²) in [6.07, 6.45) is -0.761. The molecule has 0 saturated carbocycles. The third-order valence-electron chi connectivity index (χ3n) is 3.37. The Balaban J connectivity index is 2.70. The average Bonchev–Trinajstić information content (AvgIpc) is 2.90. The molecule has 0 aliphatic carbocycles. The molecule has 0 radical (unpaired) electrons. The molecule has 8 nitrogen and oxygen atoms in total. The summed E-state index contributed by atoms with van der Waals surface area (Å²) in [7, 11) is 2.76. The topological polar surface area (TPSA) is 90.7 Å². The summed E-state index contributed by atoms with van der Waals surface area (Å²) in [5.41, 5.74) is -0.370. The standard InChI is InChI=1S/C17H21N3O5/c1-10(21)12-8-7-11-9-13(15(22)19(5)24-6)20(14(11)18-12)16(23)25-17(2,3)4/h7-9H,1-6H3. The Labute approximate surface area is 145 Å². The van der Waals surface area contributed by atoms with Crippen LogP contribution in [0.3, 0.4) is 0 Å². The number of pyridine rings is 1. The van der Waals surface area contributed by atoms with Crippen molar-refractivity contribution in [1.29, 1.82) is 0 Å². The number of ether oxygens (including phenoxy) is 1. The largest absolute Gasteiger partial charge is 0.443 e. The number of fused-ring (bicyclic) bond motifs is 1. The van der Waals surface area contributed by atoms with Gasteiger partial charge in [-0.25, -0.2) is 19.4 Å². The highest BCUT2D eigenvalue weighted by Crippen LogP contribution is 2.22. The third-order valence-corrected chi connectivity index (χ3v) is 3.37. The quantitative estimate of drug-likeness (QED) is 0.626. The smallest absolute Gasteiger partial charge is 0.420 e. The number of hydroxylamine groups is 2. The first-order valence-electron chi connectivity index (χ1n) is 7.64. The molecule has 0 fully saturated rings. The fourth-order valence-electron chi connectivity index (χ4n) is 2.17. The van der Waals surface area contributed by atoms with Gasteiger partial charge in [0.05, 0.1) is 7.11 Å². The van der Waals surface area contributed by atoms with Crippen LogP contribution >= 0.6 is 0 Å². The van der Waals surface area contributed by atoms with E-state index >= 15 is 0 Å². The van der Waals surface area contributed by atoms with Crippen LogP contribution in [0.15, 0.2) is 18.2 Å². The zero-order valence-corrected chi connectivity index (χ0v) is 15.1. The first-order valence-corrected chi connectivity index (χ1v) is 7.64. The van der Waals surface area contributed by atoms with E-state index in [4.69, 9.17) is 9.57 Å². The fraction of sp³-hybridized carbons (Fsp3) is 0.412. The lowest BCUT2D eigenvalue weighted by molar-refractivity contribution is -0.0762. The Morgan fingerprint density at radius 1 is 1.20 bits per heavy atom. The van der Waals surface area contributed by atoms with E-state index in [-0.39, 0.29) is 22.8 Å². The summed E-state index contributed by atoms with van der Waals surface area (Å²) in [6.45, 7) is 6.52. The van der Waals surface area contributed by atoms with Crippen molar-refractivity contribution in [2.45, 2.75) is 33.3 Å². The highest BCUT2D eigenvalue weighted by Gasteiger charge is 2.27. The first-order chi connectivity index (χ1) is 11.5. The first kappa shape index (κ1) is 18.6. The molecule has 8 heteroatoms. The molecule has 0 bridgehead atoms. The molecule has 0 aliphatic rings. The van der Waals surface area contributed by atoms with Gasteiger partial charge in [-0.05, 0) is 39.0 Å². The zero-order chi connectivity index (χ0) is 18.9. The third kappa shape index (κ3) is 3.85. The molecule has 0 unspecified atom stereocenters. The highest BCUT2D eigenvalue weighted by atomic mass is 16.7. The van der Waals surface area contributed by atoms with Gasteiger partial charge in [-0.3, -0.25) is 14.4 Å². The average molecular weight is 347 g/mol. The van der Waals surface area contributed by atoms with Crippen LogP contribution < -0.4 is 0 Å². The molecule has 134 valence electrons. The predicted molar refractivity (Wildman–Crippen MR) is 90.5 cm³/mol. The van der Waals surface area contributed by atoms with E-state index < -0.39 is 17.6 Å².